The Morgan fingerprint density at radius 1 is 1.27 bits per heavy atom. The summed E-state index contributed by atoms with van der Waals surface area (Å²) in [5.74, 6) is 0. The predicted molar refractivity (Wildman–Crippen MR) is 68.3 cm³/mol. The number of non-ortho nitro benzene ring substituents is 1. The number of hydrogen-bond donors (Lipinski definition) is 1. The van der Waals surface area contributed by atoms with E-state index in [1.807, 2.05) is 0 Å². The molecule has 0 radical (unpaired) electrons. The van der Waals surface area contributed by atoms with E-state index in [4.69, 9.17) is 4.55 Å². The van der Waals surface area contributed by atoms with Crippen molar-refractivity contribution < 1.29 is 17.9 Å². The molecule has 0 aliphatic rings. The molecule has 1 aromatic rings. The summed E-state index contributed by atoms with van der Waals surface area (Å²) in [5, 5.41) is 10.5. The van der Waals surface area contributed by atoms with Crippen LogP contribution in [0.25, 0.3) is 0 Å². The van der Waals surface area contributed by atoms with Gasteiger partial charge in [0.25, 0.3) is 15.8 Å². The van der Waals surface area contributed by atoms with Crippen LogP contribution >= 0.6 is 45.2 Å². The van der Waals surface area contributed by atoms with E-state index in [1.165, 1.54) is 0 Å². The molecule has 0 fully saturated rings. The summed E-state index contributed by atoms with van der Waals surface area (Å²) in [6.45, 7) is 0. The van der Waals surface area contributed by atoms with Crippen LogP contribution in [0, 0.1) is 17.3 Å². The second-order valence-corrected chi connectivity index (χ2v) is 6.15. The molecule has 9 heteroatoms. The third kappa shape index (κ3) is 2.98. The smallest absolute Gasteiger partial charge is 0.282 e. The Morgan fingerprint density at radius 2 is 1.67 bits per heavy atom. The van der Waals surface area contributed by atoms with Crippen LogP contribution in [0.1, 0.15) is 0 Å². The van der Waals surface area contributed by atoms with Gasteiger partial charge >= 0.3 is 0 Å². The standard InChI is InChI=1S/C6H3I2NO5S/c7-4-1-3(9(10)11)2-5(8)6(4)15(12,13)14/h1-2H,(H,12,13,14). The number of nitrogens with zero attached hydrogens (tertiary/aromatic N) is 1. The van der Waals surface area contributed by atoms with Crippen molar-refractivity contribution in [1.29, 1.82) is 0 Å². The van der Waals surface area contributed by atoms with Crippen LogP contribution in [-0.4, -0.2) is 17.9 Å². The molecule has 0 aliphatic carbocycles. The molecule has 82 valence electrons. The lowest BCUT2D eigenvalue weighted by molar-refractivity contribution is -0.385. The van der Waals surface area contributed by atoms with Crippen LogP contribution in [-0.2, 0) is 10.1 Å². The van der Waals surface area contributed by atoms with E-state index in [0.717, 1.165) is 12.1 Å². The first-order valence-corrected chi connectivity index (χ1v) is 6.94. The fourth-order valence-corrected chi connectivity index (χ4v) is 4.91. The molecule has 0 aromatic heterocycles. The third-order valence-electron chi connectivity index (χ3n) is 1.45. The van der Waals surface area contributed by atoms with Crippen molar-refractivity contribution in [3.05, 3.63) is 29.4 Å². The predicted octanol–water partition coefficient (Wildman–Crippen LogP) is 2.05. The molecule has 0 atom stereocenters. The highest BCUT2D eigenvalue weighted by Gasteiger charge is 2.22. The Labute approximate surface area is 112 Å². The fraction of sp³-hybridized carbons (Fsp3) is 0. The first-order chi connectivity index (χ1) is 6.73. The quantitative estimate of drug-likeness (QED) is 0.319. The van der Waals surface area contributed by atoms with Crippen molar-refractivity contribution in [3.63, 3.8) is 0 Å². The van der Waals surface area contributed by atoms with Crippen molar-refractivity contribution in [2.24, 2.45) is 0 Å². The maximum Gasteiger partial charge on any atom is 0.296 e. The molecule has 1 aromatic carbocycles. The van der Waals surface area contributed by atoms with Crippen LogP contribution in [0.4, 0.5) is 5.69 Å². The zero-order valence-corrected chi connectivity index (χ0v) is 12.0. The van der Waals surface area contributed by atoms with Gasteiger partial charge in [0, 0.05) is 19.3 Å². The normalized spacial score (nSPS) is 11.4. The first kappa shape index (κ1) is 13.1. The highest BCUT2D eigenvalue weighted by molar-refractivity contribution is 14.1. The van der Waals surface area contributed by atoms with Gasteiger partial charge in [0.15, 0.2) is 0 Å². The van der Waals surface area contributed by atoms with Gasteiger partial charge < -0.3 is 0 Å². The van der Waals surface area contributed by atoms with Gasteiger partial charge in [0.2, 0.25) is 0 Å². The number of rotatable bonds is 2. The minimum absolute atomic E-state index is 0.119. The zero-order chi connectivity index (χ0) is 11.8. The SMILES string of the molecule is O=[N+]([O-])c1cc(I)c(S(=O)(=O)O)c(I)c1. The van der Waals surface area contributed by atoms with Crippen molar-refractivity contribution >= 4 is 61.0 Å². The van der Waals surface area contributed by atoms with E-state index in [1.54, 1.807) is 45.2 Å². The van der Waals surface area contributed by atoms with Gasteiger partial charge in [-0.3, -0.25) is 14.7 Å². The molecule has 15 heavy (non-hydrogen) atoms. The molecule has 0 heterocycles. The van der Waals surface area contributed by atoms with E-state index in [-0.39, 0.29) is 17.7 Å². The van der Waals surface area contributed by atoms with Crippen molar-refractivity contribution in [2.75, 3.05) is 0 Å². The fourth-order valence-electron chi connectivity index (χ4n) is 0.898. The molecular formula is C6H3I2NO5S. The lowest BCUT2D eigenvalue weighted by Gasteiger charge is -2.03. The summed E-state index contributed by atoms with van der Waals surface area (Å²) in [5.41, 5.74) is -0.212. The first-order valence-electron chi connectivity index (χ1n) is 3.34. The molecule has 0 unspecified atom stereocenters. The van der Waals surface area contributed by atoms with Crippen LogP contribution in [0.5, 0.6) is 0 Å². The van der Waals surface area contributed by atoms with E-state index in [0.29, 0.717) is 0 Å². The molecular weight excluding hydrogens is 452 g/mol. The lowest BCUT2D eigenvalue weighted by atomic mass is 10.3. The lowest BCUT2D eigenvalue weighted by Crippen LogP contribution is -2.04. The van der Waals surface area contributed by atoms with E-state index < -0.39 is 15.0 Å². The number of benzene rings is 1. The van der Waals surface area contributed by atoms with Gasteiger partial charge in [-0.05, 0) is 45.2 Å². The number of hydrogen-bond acceptors (Lipinski definition) is 4. The van der Waals surface area contributed by atoms with Gasteiger partial charge in [-0.25, -0.2) is 0 Å². The summed E-state index contributed by atoms with van der Waals surface area (Å²) < 4.78 is 31.0. The molecule has 1 rings (SSSR count). The average Bonchev–Trinajstić information content (AvgIpc) is 1.99. The largest absolute Gasteiger partial charge is 0.296 e. The molecule has 6 nitrogen and oxygen atoms in total. The van der Waals surface area contributed by atoms with Gasteiger partial charge in [-0.2, -0.15) is 8.42 Å². The molecule has 0 bridgehead atoms. The van der Waals surface area contributed by atoms with Crippen LogP contribution in [0.15, 0.2) is 17.0 Å². The van der Waals surface area contributed by atoms with Crippen molar-refractivity contribution in [1.82, 2.24) is 0 Å². The van der Waals surface area contributed by atoms with Gasteiger partial charge in [-0.15, -0.1) is 0 Å². The van der Waals surface area contributed by atoms with E-state index >= 15 is 0 Å². The number of nitro benzene ring substituents is 1. The highest BCUT2D eigenvalue weighted by atomic mass is 127. The highest BCUT2D eigenvalue weighted by Crippen LogP contribution is 2.28. The Kier molecular flexibility index (Phi) is 3.89. The van der Waals surface area contributed by atoms with Gasteiger partial charge in [0.05, 0.1) is 4.92 Å². The van der Waals surface area contributed by atoms with Crippen LogP contribution < -0.4 is 0 Å². The Bertz CT molecular complexity index is 503. The zero-order valence-electron chi connectivity index (χ0n) is 6.85. The second-order valence-electron chi connectivity index (χ2n) is 2.47. The molecule has 0 amide bonds. The van der Waals surface area contributed by atoms with Crippen LogP contribution in [0.3, 0.4) is 0 Å². The Balaban J connectivity index is 3.55. The van der Waals surface area contributed by atoms with E-state index in [2.05, 4.69) is 0 Å². The third-order valence-corrected chi connectivity index (χ3v) is 4.84. The maximum atomic E-state index is 10.9. The molecule has 0 saturated heterocycles. The van der Waals surface area contributed by atoms with Crippen molar-refractivity contribution in [3.8, 4) is 0 Å². The van der Waals surface area contributed by atoms with Crippen molar-refractivity contribution in [2.45, 2.75) is 4.90 Å². The number of halogens is 2. The molecule has 1 N–H and O–H groups in total. The molecule has 0 aliphatic heterocycles. The summed E-state index contributed by atoms with van der Waals surface area (Å²) in [4.78, 5) is 9.53. The summed E-state index contributed by atoms with van der Waals surface area (Å²) in [6.07, 6.45) is 0. The molecule has 0 spiro atoms. The topological polar surface area (TPSA) is 97.5 Å². The minimum Gasteiger partial charge on any atom is -0.282 e. The summed E-state index contributed by atoms with van der Waals surface area (Å²) in [6, 6.07) is 2.18. The molecule has 0 saturated carbocycles. The second kappa shape index (κ2) is 4.47. The summed E-state index contributed by atoms with van der Waals surface area (Å²) in [7, 11) is -4.34. The average molecular weight is 455 g/mol. The Morgan fingerprint density at radius 3 is 1.93 bits per heavy atom. The summed E-state index contributed by atoms with van der Waals surface area (Å²) >= 11 is 3.24. The van der Waals surface area contributed by atoms with Gasteiger partial charge in [-0.1, -0.05) is 0 Å². The minimum atomic E-state index is -4.34. The number of nitro groups is 1. The Hall–Kier alpha value is -0.0100. The van der Waals surface area contributed by atoms with Gasteiger partial charge in [0.1, 0.15) is 4.90 Å². The van der Waals surface area contributed by atoms with E-state index in [9.17, 15) is 18.5 Å². The maximum absolute atomic E-state index is 10.9. The monoisotopic (exact) mass is 455 g/mol. The van der Waals surface area contributed by atoms with Crippen LogP contribution in [0.2, 0.25) is 0 Å².